The summed E-state index contributed by atoms with van der Waals surface area (Å²) in [4.78, 5) is 11.0. The van der Waals surface area contributed by atoms with Gasteiger partial charge >= 0.3 is 5.97 Å². The van der Waals surface area contributed by atoms with Crippen molar-refractivity contribution in [3.05, 3.63) is 12.2 Å². The van der Waals surface area contributed by atoms with Gasteiger partial charge in [0.2, 0.25) is 0 Å². The third kappa shape index (κ3) is 2.82. The van der Waals surface area contributed by atoms with E-state index in [2.05, 4.69) is 11.3 Å². The second-order valence-corrected chi connectivity index (χ2v) is 3.43. The van der Waals surface area contributed by atoms with E-state index in [0.29, 0.717) is 31.6 Å². The van der Waals surface area contributed by atoms with Crippen LogP contribution in [0.25, 0.3) is 0 Å². The van der Waals surface area contributed by atoms with Crippen LogP contribution in [0.1, 0.15) is 19.8 Å². The summed E-state index contributed by atoms with van der Waals surface area (Å²) >= 11 is 0. The van der Waals surface area contributed by atoms with E-state index in [1.165, 1.54) is 7.11 Å². The first-order chi connectivity index (χ1) is 6.57. The highest BCUT2D eigenvalue weighted by molar-refractivity contribution is 5.87. The molecular formula is C10H16O4. The van der Waals surface area contributed by atoms with E-state index in [1.807, 2.05) is 6.92 Å². The number of esters is 1. The molecule has 1 rings (SSSR count). The van der Waals surface area contributed by atoms with Crippen molar-refractivity contribution >= 4 is 5.97 Å². The lowest BCUT2D eigenvalue weighted by atomic mass is 10.1. The smallest absolute Gasteiger partial charge is 0.333 e. The van der Waals surface area contributed by atoms with E-state index in [-0.39, 0.29) is 5.97 Å². The van der Waals surface area contributed by atoms with Crippen molar-refractivity contribution in [3.63, 3.8) is 0 Å². The largest absolute Gasteiger partial charge is 0.466 e. The molecule has 4 nitrogen and oxygen atoms in total. The van der Waals surface area contributed by atoms with Gasteiger partial charge in [-0.1, -0.05) is 6.58 Å². The minimum Gasteiger partial charge on any atom is -0.466 e. The number of methoxy groups -OCH3 is 1. The lowest BCUT2D eigenvalue weighted by Gasteiger charge is -2.21. The molecule has 0 unspecified atom stereocenters. The van der Waals surface area contributed by atoms with Crippen LogP contribution >= 0.6 is 0 Å². The van der Waals surface area contributed by atoms with Gasteiger partial charge in [0, 0.05) is 12.0 Å². The van der Waals surface area contributed by atoms with Crippen molar-refractivity contribution in [3.8, 4) is 0 Å². The van der Waals surface area contributed by atoms with Crippen molar-refractivity contribution in [1.29, 1.82) is 0 Å². The van der Waals surface area contributed by atoms with Crippen molar-refractivity contribution in [2.24, 2.45) is 0 Å². The zero-order chi connectivity index (χ0) is 10.6. The Bertz CT molecular complexity index is 228. The van der Waals surface area contributed by atoms with Crippen molar-refractivity contribution in [2.75, 3.05) is 20.3 Å². The summed E-state index contributed by atoms with van der Waals surface area (Å²) < 4.78 is 15.3. The van der Waals surface area contributed by atoms with Crippen LogP contribution in [0.2, 0.25) is 0 Å². The van der Waals surface area contributed by atoms with Gasteiger partial charge in [0.05, 0.1) is 20.3 Å². The Hall–Kier alpha value is -0.870. The van der Waals surface area contributed by atoms with E-state index in [0.717, 1.165) is 0 Å². The maximum absolute atomic E-state index is 11.0. The van der Waals surface area contributed by atoms with Gasteiger partial charge in [-0.15, -0.1) is 0 Å². The lowest BCUT2D eigenvalue weighted by molar-refractivity contribution is -0.147. The molecule has 0 aromatic carbocycles. The molecule has 1 aliphatic heterocycles. The van der Waals surface area contributed by atoms with Crippen LogP contribution < -0.4 is 0 Å². The summed E-state index contributed by atoms with van der Waals surface area (Å²) in [6.07, 6.45) is 1.16. The molecule has 4 heteroatoms. The molecule has 0 atom stereocenters. The third-order valence-electron chi connectivity index (χ3n) is 2.25. The van der Waals surface area contributed by atoms with Crippen molar-refractivity contribution in [2.45, 2.75) is 25.6 Å². The third-order valence-corrected chi connectivity index (χ3v) is 2.25. The van der Waals surface area contributed by atoms with Crippen LogP contribution in [0.4, 0.5) is 0 Å². The molecule has 80 valence electrons. The molecule has 14 heavy (non-hydrogen) atoms. The Kier molecular flexibility index (Phi) is 3.66. The maximum atomic E-state index is 11.0. The topological polar surface area (TPSA) is 44.8 Å². The summed E-state index contributed by atoms with van der Waals surface area (Å²) in [6, 6.07) is 0. The summed E-state index contributed by atoms with van der Waals surface area (Å²) in [5.74, 6) is -0.927. The van der Waals surface area contributed by atoms with Crippen LogP contribution in [0.5, 0.6) is 0 Å². The van der Waals surface area contributed by atoms with E-state index in [1.54, 1.807) is 0 Å². The first-order valence-corrected chi connectivity index (χ1v) is 4.61. The van der Waals surface area contributed by atoms with Gasteiger partial charge in [0.25, 0.3) is 0 Å². The Morgan fingerprint density at radius 2 is 2.07 bits per heavy atom. The molecule has 1 saturated heterocycles. The molecule has 0 aromatic rings. The molecule has 1 fully saturated rings. The standard InChI is InChI=1S/C10H16O4/c1-8(9(11)12-3)4-5-10(2)13-6-7-14-10/h1,4-7H2,2-3H3. The summed E-state index contributed by atoms with van der Waals surface area (Å²) in [7, 11) is 1.35. The number of hydrogen-bond donors (Lipinski definition) is 0. The Morgan fingerprint density at radius 3 is 2.57 bits per heavy atom. The molecule has 0 amide bonds. The summed E-state index contributed by atoms with van der Waals surface area (Å²) in [5.41, 5.74) is 0.452. The molecule has 0 radical (unpaired) electrons. The molecule has 0 spiro atoms. The second kappa shape index (κ2) is 4.57. The first kappa shape index (κ1) is 11.2. The highest BCUT2D eigenvalue weighted by Crippen LogP contribution is 2.25. The lowest BCUT2D eigenvalue weighted by Crippen LogP contribution is -2.25. The first-order valence-electron chi connectivity index (χ1n) is 4.61. The summed E-state index contributed by atoms with van der Waals surface area (Å²) in [6.45, 7) is 6.72. The SMILES string of the molecule is C=C(CCC1(C)OCCO1)C(=O)OC. The highest BCUT2D eigenvalue weighted by atomic mass is 16.7. The average molecular weight is 200 g/mol. The van der Waals surface area contributed by atoms with E-state index in [9.17, 15) is 4.79 Å². The Balaban J connectivity index is 2.32. The predicted octanol–water partition coefficient (Wildman–Crippen LogP) is 1.26. The van der Waals surface area contributed by atoms with E-state index >= 15 is 0 Å². The number of rotatable bonds is 4. The van der Waals surface area contributed by atoms with Gasteiger partial charge in [0.1, 0.15) is 0 Å². The molecule has 0 aliphatic carbocycles. The fourth-order valence-electron chi connectivity index (χ4n) is 1.33. The van der Waals surface area contributed by atoms with Gasteiger partial charge in [-0.25, -0.2) is 4.79 Å². The quantitative estimate of drug-likeness (QED) is 0.506. The minimum absolute atomic E-state index is 0.369. The van der Waals surface area contributed by atoms with E-state index < -0.39 is 5.79 Å². The van der Waals surface area contributed by atoms with Crippen LogP contribution in [0.15, 0.2) is 12.2 Å². The van der Waals surface area contributed by atoms with Crippen LogP contribution in [-0.4, -0.2) is 32.1 Å². The van der Waals surface area contributed by atoms with E-state index in [4.69, 9.17) is 9.47 Å². The van der Waals surface area contributed by atoms with Gasteiger partial charge in [-0.3, -0.25) is 0 Å². The normalized spacial score (nSPS) is 19.3. The molecule has 0 N–H and O–H groups in total. The van der Waals surface area contributed by atoms with Gasteiger partial charge in [-0.2, -0.15) is 0 Å². The molecule has 0 aromatic heterocycles. The fourth-order valence-corrected chi connectivity index (χ4v) is 1.33. The minimum atomic E-state index is -0.559. The van der Waals surface area contributed by atoms with Crippen LogP contribution in [0, 0.1) is 0 Å². The second-order valence-electron chi connectivity index (χ2n) is 3.43. The van der Waals surface area contributed by atoms with Gasteiger partial charge in [0.15, 0.2) is 5.79 Å². The van der Waals surface area contributed by atoms with Crippen LogP contribution in [-0.2, 0) is 19.0 Å². The molecular weight excluding hydrogens is 184 g/mol. The average Bonchev–Trinajstić information content (AvgIpc) is 2.61. The predicted molar refractivity (Wildman–Crippen MR) is 50.7 cm³/mol. The fraction of sp³-hybridized carbons (Fsp3) is 0.700. The van der Waals surface area contributed by atoms with Crippen molar-refractivity contribution < 1.29 is 19.0 Å². The number of hydrogen-bond acceptors (Lipinski definition) is 4. The molecule has 1 aliphatic rings. The number of carbonyl (C=O) groups is 1. The number of carbonyl (C=O) groups excluding carboxylic acids is 1. The molecule has 0 saturated carbocycles. The van der Waals surface area contributed by atoms with Crippen LogP contribution in [0.3, 0.4) is 0 Å². The number of ether oxygens (including phenoxy) is 3. The zero-order valence-corrected chi connectivity index (χ0v) is 8.67. The Labute approximate surface area is 83.8 Å². The van der Waals surface area contributed by atoms with Gasteiger partial charge < -0.3 is 14.2 Å². The highest BCUT2D eigenvalue weighted by Gasteiger charge is 2.30. The van der Waals surface area contributed by atoms with Gasteiger partial charge in [-0.05, 0) is 13.3 Å². The molecule has 1 heterocycles. The summed E-state index contributed by atoms with van der Waals surface area (Å²) in [5, 5.41) is 0. The monoisotopic (exact) mass is 200 g/mol. The maximum Gasteiger partial charge on any atom is 0.333 e. The molecule has 0 bridgehead atoms. The Morgan fingerprint density at radius 1 is 1.50 bits per heavy atom. The van der Waals surface area contributed by atoms with Crippen molar-refractivity contribution in [1.82, 2.24) is 0 Å². The zero-order valence-electron chi connectivity index (χ0n) is 8.67.